The van der Waals surface area contributed by atoms with Crippen molar-refractivity contribution in [3.63, 3.8) is 0 Å². The molecule has 1 atom stereocenters. The van der Waals surface area contributed by atoms with Crippen LogP contribution in [-0.2, 0) is 17.8 Å². The van der Waals surface area contributed by atoms with Crippen LogP contribution in [0.25, 0.3) is 33.9 Å². The van der Waals surface area contributed by atoms with Crippen LogP contribution in [0.15, 0.2) is 78.0 Å². The van der Waals surface area contributed by atoms with E-state index >= 15 is 0 Å². The van der Waals surface area contributed by atoms with Crippen LogP contribution < -0.4 is 0 Å². The Hall–Kier alpha value is -3.12. The lowest BCUT2D eigenvalue weighted by atomic mass is 10.1. The largest absolute Gasteiger partial charge is 0.327 e. The molecule has 2 heterocycles. The predicted molar refractivity (Wildman–Crippen MR) is 110 cm³/mol. The van der Waals surface area contributed by atoms with Gasteiger partial charge in [0.2, 0.25) is 0 Å². The molecule has 0 fully saturated rings. The minimum Gasteiger partial charge on any atom is -0.327 e. The van der Waals surface area contributed by atoms with Crippen LogP contribution in [0.1, 0.15) is 0 Å². The summed E-state index contributed by atoms with van der Waals surface area (Å²) in [6, 6.07) is 17.7. The van der Waals surface area contributed by atoms with E-state index in [4.69, 9.17) is 4.98 Å². The lowest BCUT2D eigenvalue weighted by molar-refractivity contribution is 0.628. The summed E-state index contributed by atoms with van der Waals surface area (Å²) in [6.07, 6.45) is 5.11. The zero-order valence-corrected chi connectivity index (χ0v) is 16.3. The van der Waals surface area contributed by atoms with Crippen LogP contribution in [0.4, 0.5) is 4.39 Å². The molecule has 0 spiro atoms. The Balaban J connectivity index is 2.01. The molecule has 6 heteroatoms. The predicted octanol–water partition coefficient (Wildman–Crippen LogP) is 4.69. The molecule has 28 heavy (non-hydrogen) atoms. The molecule has 0 N–H and O–H groups in total. The summed E-state index contributed by atoms with van der Waals surface area (Å²) in [5, 5.41) is 0. The van der Waals surface area contributed by atoms with E-state index in [2.05, 4.69) is 4.98 Å². The van der Waals surface area contributed by atoms with Gasteiger partial charge in [-0.05, 0) is 42.5 Å². The molecule has 0 aliphatic rings. The van der Waals surface area contributed by atoms with Crippen molar-refractivity contribution in [2.24, 2.45) is 7.05 Å². The van der Waals surface area contributed by atoms with Crippen LogP contribution in [0, 0.1) is 5.82 Å². The highest BCUT2D eigenvalue weighted by atomic mass is 32.2. The Morgan fingerprint density at radius 3 is 2.29 bits per heavy atom. The number of nitrogens with zero attached hydrogens (tertiary/aromatic N) is 3. The summed E-state index contributed by atoms with van der Waals surface area (Å²) in [5.74, 6) is 0.411. The fourth-order valence-corrected chi connectivity index (χ4v) is 4.03. The SMILES string of the molecule is Cn1c(-c2ccccc2S(C)=O)nc(-c2ccc(F)cc2)c1-c1ccncc1. The number of rotatable bonds is 4. The van der Waals surface area contributed by atoms with Crippen molar-refractivity contribution in [3.05, 3.63) is 78.9 Å². The summed E-state index contributed by atoms with van der Waals surface area (Å²) in [5.41, 5.74) is 4.20. The maximum Gasteiger partial charge on any atom is 0.142 e. The second-order valence-electron chi connectivity index (χ2n) is 6.38. The minimum atomic E-state index is -1.15. The highest BCUT2D eigenvalue weighted by Gasteiger charge is 2.21. The number of halogens is 1. The van der Waals surface area contributed by atoms with Crippen molar-refractivity contribution >= 4 is 10.8 Å². The summed E-state index contributed by atoms with van der Waals surface area (Å²) in [7, 11) is 0.779. The normalized spacial score (nSPS) is 12.1. The number of benzene rings is 2. The average molecular weight is 391 g/mol. The molecule has 4 rings (SSSR count). The monoisotopic (exact) mass is 391 g/mol. The molecule has 0 aliphatic heterocycles. The first kappa shape index (κ1) is 18.3. The first-order chi connectivity index (χ1) is 13.6. The maximum absolute atomic E-state index is 13.4. The topological polar surface area (TPSA) is 47.8 Å². The van der Waals surface area contributed by atoms with Crippen LogP contribution in [0.5, 0.6) is 0 Å². The van der Waals surface area contributed by atoms with E-state index in [1.807, 2.05) is 48.0 Å². The van der Waals surface area contributed by atoms with Gasteiger partial charge in [-0.1, -0.05) is 18.2 Å². The van der Waals surface area contributed by atoms with E-state index in [0.717, 1.165) is 33.0 Å². The molecular weight excluding hydrogens is 373 g/mol. The molecule has 4 nitrogen and oxygen atoms in total. The number of aromatic nitrogens is 3. The highest BCUT2D eigenvalue weighted by Crippen LogP contribution is 2.36. The van der Waals surface area contributed by atoms with Crippen molar-refractivity contribution in [1.29, 1.82) is 0 Å². The van der Waals surface area contributed by atoms with Crippen LogP contribution >= 0.6 is 0 Å². The van der Waals surface area contributed by atoms with E-state index < -0.39 is 10.8 Å². The van der Waals surface area contributed by atoms with Crippen molar-refractivity contribution in [3.8, 4) is 33.9 Å². The summed E-state index contributed by atoms with van der Waals surface area (Å²) < 4.78 is 27.7. The smallest absolute Gasteiger partial charge is 0.142 e. The van der Waals surface area contributed by atoms with Crippen molar-refractivity contribution in [2.45, 2.75) is 4.90 Å². The number of imidazole rings is 1. The average Bonchev–Trinajstić information content (AvgIpc) is 3.06. The van der Waals surface area contributed by atoms with E-state index in [9.17, 15) is 8.60 Å². The molecule has 0 bridgehead atoms. The molecule has 0 aliphatic carbocycles. The third-order valence-corrected chi connectivity index (χ3v) is 5.58. The zero-order valence-electron chi connectivity index (χ0n) is 15.5. The second-order valence-corrected chi connectivity index (χ2v) is 7.73. The summed E-state index contributed by atoms with van der Waals surface area (Å²) >= 11 is 0. The Bertz CT molecular complexity index is 1150. The van der Waals surface area contributed by atoms with Crippen molar-refractivity contribution in [1.82, 2.24) is 14.5 Å². The van der Waals surface area contributed by atoms with E-state index in [0.29, 0.717) is 5.82 Å². The first-order valence-electron chi connectivity index (χ1n) is 8.72. The number of pyridine rings is 1. The van der Waals surface area contributed by atoms with E-state index in [-0.39, 0.29) is 5.82 Å². The quantitative estimate of drug-likeness (QED) is 0.507. The van der Waals surface area contributed by atoms with Gasteiger partial charge in [0.1, 0.15) is 11.6 Å². The van der Waals surface area contributed by atoms with Crippen LogP contribution in [0.3, 0.4) is 0 Å². The van der Waals surface area contributed by atoms with Gasteiger partial charge in [-0.2, -0.15) is 0 Å². The second kappa shape index (κ2) is 7.48. The molecule has 0 radical (unpaired) electrons. The van der Waals surface area contributed by atoms with Gasteiger partial charge in [-0.3, -0.25) is 9.19 Å². The maximum atomic E-state index is 13.4. The first-order valence-corrected chi connectivity index (χ1v) is 10.3. The van der Waals surface area contributed by atoms with Gasteiger partial charge in [0.25, 0.3) is 0 Å². The molecule has 2 aromatic carbocycles. The number of hydrogen-bond acceptors (Lipinski definition) is 3. The molecule has 2 aromatic heterocycles. The minimum absolute atomic E-state index is 0.294. The van der Waals surface area contributed by atoms with Gasteiger partial charge < -0.3 is 4.57 Å². The van der Waals surface area contributed by atoms with Gasteiger partial charge in [0.05, 0.1) is 22.2 Å². The standard InChI is InChI=1S/C22H18FN3OS/c1-26-21(16-11-13-24-14-12-16)20(15-7-9-17(23)10-8-15)25-22(26)18-5-3-4-6-19(18)28(2)27/h3-14H,1-2H3. The molecule has 0 saturated carbocycles. The Morgan fingerprint density at radius 2 is 1.61 bits per heavy atom. The third-order valence-electron chi connectivity index (χ3n) is 4.60. The van der Waals surface area contributed by atoms with Crippen LogP contribution in [0.2, 0.25) is 0 Å². The Kier molecular flexibility index (Phi) is 4.88. The van der Waals surface area contributed by atoms with E-state index in [1.54, 1.807) is 30.8 Å². The van der Waals surface area contributed by atoms with Gasteiger partial charge in [0, 0.05) is 47.3 Å². The van der Waals surface area contributed by atoms with E-state index in [1.165, 1.54) is 12.1 Å². The van der Waals surface area contributed by atoms with Gasteiger partial charge in [-0.15, -0.1) is 0 Å². The van der Waals surface area contributed by atoms with Crippen molar-refractivity contribution < 1.29 is 8.60 Å². The number of hydrogen-bond donors (Lipinski definition) is 0. The van der Waals surface area contributed by atoms with Crippen LogP contribution in [-0.4, -0.2) is 25.0 Å². The van der Waals surface area contributed by atoms with Gasteiger partial charge in [-0.25, -0.2) is 9.37 Å². The molecule has 1 unspecified atom stereocenters. The Morgan fingerprint density at radius 1 is 0.929 bits per heavy atom. The fourth-order valence-electron chi connectivity index (χ4n) is 3.29. The molecule has 140 valence electrons. The third kappa shape index (κ3) is 3.27. The molecule has 0 saturated heterocycles. The molecular formula is C22H18FN3OS. The fraction of sp³-hybridized carbons (Fsp3) is 0.0909. The summed E-state index contributed by atoms with van der Waals surface area (Å²) in [4.78, 5) is 9.71. The van der Waals surface area contributed by atoms with Gasteiger partial charge in [0.15, 0.2) is 0 Å². The summed E-state index contributed by atoms with van der Waals surface area (Å²) in [6.45, 7) is 0. The van der Waals surface area contributed by atoms with Gasteiger partial charge >= 0.3 is 0 Å². The molecule has 4 aromatic rings. The highest BCUT2D eigenvalue weighted by molar-refractivity contribution is 7.84. The van der Waals surface area contributed by atoms with Crippen molar-refractivity contribution in [2.75, 3.05) is 6.26 Å². The lowest BCUT2D eigenvalue weighted by Crippen LogP contribution is -1.99. The molecule has 0 amide bonds. The Labute approximate surface area is 165 Å². The lowest BCUT2D eigenvalue weighted by Gasteiger charge is -2.09. The zero-order chi connectivity index (χ0) is 19.7.